The molecule has 0 spiro atoms. The van der Waals surface area contributed by atoms with Crippen molar-refractivity contribution in [2.45, 2.75) is 17.9 Å². The Balaban J connectivity index is 2.09. The molecule has 0 heterocycles. The number of carbonyl (C=O) groups is 2. The second kappa shape index (κ2) is 8.76. The van der Waals surface area contributed by atoms with Gasteiger partial charge in [0, 0.05) is 12.7 Å². The van der Waals surface area contributed by atoms with Gasteiger partial charge < -0.3 is 10.1 Å². The quantitative estimate of drug-likeness (QED) is 0.572. The van der Waals surface area contributed by atoms with Crippen LogP contribution in [0.3, 0.4) is 0 Å². The molecule has 0 fully saturated rings. The summed E-state index contributed by atoms with van der Waals surface area (Å²) in [4.78, 5) is 29.0. The predicted octanol–water partition coefficient (Wildman–Crippen LogP) is 2.05. The lowest BCUT2D eigenvalue weighted by atomic mass is 10.2. The SMILES string of the molecule is CON(C)S(=O)(=O)c1cccc(C(=O)OC(C)C(=O)Nc2ccccc2)c1. The third kappa shape index (κ3) is 5.13. The molecule has 1 atom stereocenters. The lowest BCUT2D eigenvalue weighted by Gasteiger charge is -2.16. The Bertz CT molecular complexity index is 914. The van der Waals surface area contributed by atoms with E-state index in [0.29, 0.717) is 10.2 Å². The number of benzene rings is 2. The maximum atomic E-state index is 12.3. The van der Waals surface area contributed by atoms with Gasteiger partial charge in [-0.3, -0.25) is 9.63 Å². The maximum absolute atomic E-state index is 12.3. The summed E-state index contributed by atoms with van der Waals surface area (Å²) in [6, 6.07) is 14.0. The molecule has 1 amide bonds. The highest BCUT2D eigenvalue weighted by atomic mass is 32.2. The summed E-state index contributed by atoms with van der Waals surface area (Å²) < 4.78 is 30.3. The summed E-state index contributed by atoms with van der Waals surface area (Å²) >= 11 is 0. The third-order valence-corrected chi connectivity index (χ3v) is 5.33. The molecule has 9 heteroatoms. The topological polar surface area (TPSA) is 102 Å². The van der Waals surface area contributed by atoms with E-state index < -0.39 is 28.0 Å². The number of ether oxygens (including phenoxy) is 1. The third-order valence-electron chi connectivity index (χ3n) is 3.66. The average Bonchev–Trinajstić information content (AvgIpc) is 2.67. The Morgan fingerprint density at radius 2 is 1.74 bits per heavy atom. The highest BCUT2D eigenvalue weighted by molar-refractivity contribution is 7.89. The second-order valence-corrected chi connectivity index (χ2v) is 7.46. The molecule has 0 aliphatic rings. The first-order valence-corrected chi connectivity index (χ1v) is 9.39. The Morgan fingerprint density at radius 1 is 1.07 bits per heavy atom. The van der Waals surface area contributed by atoms with Gasteiger partial charge in [0.1, 0.15) is 0 Å². The molecule has 0 saturated carbocycles. The fourth-order valence-corrected chi connectivity index (χ4v) is 3.10. The first kappa shape index (κ1) is 20.6. The number of rotatable bonds is 7. The monoisotopic (exact) mass is 392 g/mol. The summed E-state index contributed by atoms with van der Waals surface area (Å²) in [7, 11) is -1.46. The van der Waals surface area contributed by atoms with Crippen molar-refractivity contribution in [2.75, 3.05) is 19.5 Å². The van der Waals surface area contributed by atoms with Gasteiger partial charge in [-0.25, -0.2) is 13.2 Å². The van der Waals surface area contributed by atoms with Crippen molar-refractivity contribution in [3.05, 3.63) is 60.2 Å². The molecule has 1 N–H and O–H groups in total. The highest BCUT2D eigenvalue weighted by Crippen LogP contribution is 2.17. The number of nitrogens with one attached hydrogen (secondary N) is 1. The fourth-order valence-electron chi connectivity index (χ4n) is 2.08. The van der Waals surface area contributed by atoms with E-state index in [2.05, 4.69) is 5.32 Å². The van der Waals surface area contributed by atoms with E-state index in [-0.39, 0.29) is 10.5 Å². The van der Waals surface area contributed by atoms with E-state index in [1.807, 2.05) is 0 Å². The molecule has 0 radical (unpaired) electrons. The first-order valence-electron chi connectivity index (χ1n) is 7.95. The summed E-state index contributed by atoms with van der Waals surface area (Å²) in [6.07, 6.45) is -1.07. The van der Waals surface area contributed by atoms with E-state index in [9.17, 15) is 18.0 Å². The maximum Gasteiger partial charge on any atom is 0.338 e. The van der Waals surface area contributed by atoms with Crippen LogP contribution in [-0.2, 0) is 24.4 Å². The Labute approximate surface area is 157 Å². The summed E-state index contributed by atoms with van der Waals surface area (Å²) in [6.45, 7) is 1.43. The van der Waals surface area contributed by atoms with Crippen LogP contribution in [0.2, 0.25) is 0 Å². The van der Waals surface area contributed by atoms with Crippen LogP contribution in [0.1, 0.15) is 17.3 Å². The molecule has 0 bridgehead atoms. The first-order chi connectivity index (χ1) is 12.8. The number of hydroxylamine groups is 1. The van der Waals surface area contributed by atoms with Gasteiger partial charge >= 0.3 is 5.97 Å². The zero-order valence-corrected chi connectivity index (χ0v) is 15.9. The fraction of sp³-hybridized carbons (Fsp3) is 0.222. The van der Waals surface area contributed by atoms with E-state index >= 15 is 0 Å². The van der Waals surface area contributed by atoms with Crippen molar-refractivity contribution in [1.29, 1.82) is 0 Å². The zero-order chi connectivity index (χ0) is 20.0. The molecule has 0 aliphatic carbocycles. The summed E-state index contributed by atoms with van der Waals surface area (Å²) in [5, 5.41) is 2.62. The van der Waals surface area contributed by atoms with Crippen LogP contribution in [0.4, 0.5) is 5.69 Å². The van der Waals surface area contributed by atoms with Gasteiger partial charge in [0.2, 0.25) is 0 Å². The molecular weight excluding hydrogens is 372 g/mol. The van der Waals surface area contributed by atoms with Gasteiger partial charge in [-0.05, 0) is 37.3 Å². The molecular formula is C18H20N2O6S. The van der Waals surface area contributed by atoms with Crippen molar-refractivity contribution < 1.29 is 27.6 Å². The van der Waals surface area contributed by atoms with Crippen LogP contribution < -0.4 is 5.32 Å². The minimum Gasteiger partial charge on any atom is -0.449 e. The van der Waals surface area contributed by atoms with Gasteiger partial charge in [0.25, 0.3) is 15.9 Å². The summed E-state index contributed by atoms with van der Waals surface area (Å²) in [5.41, 5.74) is 0.570. The normalized spacial score (nSPS) is 12.4. The van der Waals surface area contributed by atoms with Crippen LogP contribution in [0.25, 0.3) is 0 Å². The number of hydrogen-bond donors (Lipinski definition) is 1. The predicted molar refractivity (Wildman–Crippen MR) is 98.3 cm³/mol. The van der Waals surface area contributed by atoms with E-state index in [4.69, 9.17) is 9.57 Å². The highest BCUT2D eigenvalue weighted by Gasteiger charge is 2.24. The molecule has 0 aliphatic heterocycles. The Kier molecular flexibility index (Phi) is 6.67. The van der Waals surface area contributed by atoms with Crippen LogP contribution in [0.15, 0.2) is 59.5 Å². The molecule has 2 aromatic rings. The largest absolute Gasteiger partial charge is 0.449 e. The molecule has 0 aromatic heterocycles. The van der Waals surface area contributed by atoms with Crippen LogP contribution in [0.5, 0.6) is 0 Å². The van der Waals surface area contributed by atoms with Crippen molar-refractivity contribution in [1.82, 2.24) is 4.47 Å². The van der Waals surface area contributed by atoms with Gasteiger partial charge in [0.15, 0.2) is 6.10 Å². The van der Waals surface area contributed by atoms with Crippen LogP contribution >= 0.6 is 0 Å². The summed E-state index contributed by atoms with van der Waals surface area (Å²) in [5.74, 6) is -1.32. The lowest BCUT2D eigenvalue weighted by Crippen LogP contribution is -2.30. The standard InChI is InChI=1S/C18H20N2O6S/c1-13(17(21)19-15-9-5-4-6-10-15)26-18(22)14-8-7-11-16(12-14)27(23,24)20(2)25-3/h4-13H,1-3H3,(H,19,21). The number of esters is 1. The van der Waals surface area contributed by atoms with E-state index in [1.165, 1.54) is 39.3 Å². The number of nitrogens with zero attached hydrogens (tertiary/aromatic N) is 1. The van der Waals surface area contributed by atoms with Crippen molar-refractivity contribution in [3.8, 4) is 0 Å². The number of sulfonamides is 1. The number of hydrogen-bond acceptors (Lipinski definition) is 6. The number of carbonyl (C=O) groups excluding carboxylic acids is 2. The second-order valence-electron chi connectivity index (χ2n) is 5.53. The number of amides is 1. The molecule has 1 unspecified atom stereocenters. The molecule has 144 valence electrons. The molecule has 27 heavy (non-hydrogen) atoms. The van der Waals surface area contributed by atoms with Gasteiger partial charge in [-0.1, -0.05) is 28.7 Å². The van der Waals surface area contributed by atoms with E-state index in [0.717, 1.165) is 6.07 Å². The zero-order valence-electron chi connectivity index (χ0n) is 15.1. The number of anilines is 1. The molecule has 8 nitrogen and oxygen atoms in total. The molecule has 2 aromatic carbocycles. The van der Waals surface area contributed by atoms with Crippen LogP contribution in [0, 0.1) is 0 Å². The Morgan fingerprint density at radius 3 is 2.37 bits per heavy atom. The molecule has 2 rings (SSSR count). The lowest BCUT2D eigenvalue weighted by molar-refractivity contribution is -0.123. The minimum atomic E-state index is -3.91. The van der Waals surface area contributed by atoms with Crippen molar-refractivity contribution in [2.24, 2.45) is 0 Å². The minimum absolute atomic E-state index is 0.0000563. The van der Waals surface area contributed by atoms with Crippen molar-refractivity contribution in [3.63, 3.8) is 0 Å². The Hall–Kier alpha value is -2.75. The van der Waals surface area contributed by atoms with Crippen LogP contribution in [-0.4, -0.2) is 45.0 Å². The van der Waals surface area contributed by atoms with Gasteiger partial charge in [-0.2, -0.15) is 0 Å². The van der Waals surface area contributed by atoms with E-state index in [1.54, 1.807) is 30.3 Å². The van der Waals surface area contributed by atoms with Gasteiger partial charge in [0.05, 0.1) is 17.6 Å². The smallest absolute Gasteiger partial charge is 0.338 e. The molecule has 0 saturated heterocycles. The average molecular weight is 392 g/mol. The van der Waals surface area contributed by atoms with Gasteiger partial charge in [-0.15, -0.1) is 0 Å². The number of para-hydroxylation sites is 1. The van der Waals surface area contributed by atoms with Crippen molar-refractivity contribution >= 4 is 27.6 Å².